The van der Waals surface area contributed by atoms with Gasteiger partial charge in [0.05, 0.1) is 19.8 Å². The van der Waals surface area contributed by atoms with E-state index >= 15 is 0 Å². The Morgan fingerprint density at radius 3 is 2.63 bits per heavy atom. The maximum Gasteiger partial charge on any atom is 0.119 e. The molecule has 2 aliphatic heterocycles. The van der Waals surface area contributed by atoms with Gasteiger partial charge in [-0.15, -0.1) is 0 Å². The average Bonchev–Trinajstić information content (AvgIpc) is 2.88. The Morgan fingerprint density at radius 2 is 2.11 bits per heavy atom. The van der Waals surface area contributed by atoms with E-state index in [0.29, 0.717) is 6.04 Å². The van der Waals surface area contributed by atoms with Crippen LogP contribution in [-0.4, -0.2) is 32.4 Å². The molecule has 2 heterocycles. The molecule has 0 amide bonds. The number of benzene rings is 1. The van der Waals surface area contributed by atoms with Crippen molar-refractivity contribution in [3.05, 3.63) is 29.8 Å². The summed E-state index contributed by atoms with van der Waals surface area (Å²) >= 11 is 0. The zero-order chi connectivity index (χ0) is 13.1. The van der Waals surface area contributed by atoms with Gasteiger partial charge in [-0.05, 0) is 50.4 Å². The fourth-order valence-electron chi connectivity index (χ4n) is 3.22. The molecule has 0 saturated carbocycles. The summed E-state index contributed by atoms with van der Waals surface area (Å²) in [6, 6.07) is 9.25. The third-order valence-corrected chi connectivity index (χ3v) is 4.33. The average molecular weight is 261 g/mol. The number of rotatable bonds is 5. The third kappa shape index (κ3) is 2.63. The van der Waals surface area contributed by atoms with E-state index < -0.39 is 0 Å². The normalized spacial score (nSPS) is 25.0. The molecule has 2 fully saturated rings. The first-order chi connectivity index (χ1) is 9.32. The quantitative estimate of drug-likeness (QED) is 0.883. The van der Waals surface area contributed by atoms with Gasteiger partial charge in [-0.3, -0.25) is 0 Å². The van der Waals surface area contributed by atoms with Crippen LogP contribution < -0.4 is 10.1 Å². The Labute approximate surface area is 115 Å². The van der Waals surface area contributed by atoms with Crippen molar-refractivity contribution < 1.29 is 9.47 Å². The maximum absolute atomic E-state index is 5.52. The Morgan fingerprint density at radius 1 is 1.32 bits per heavy atom. The van der Waals surface area contributed by atoms with Gasteiger partial charge in [-0.25, -0.2) is 0 Å². The number of nitrogens with one attached hydrogen (secondary N) is 1. The Bertz CT molecular complexity index is 405. The van der Waals surface area contributed by atoms with E-state index in [1.54, 1.807) is 0 Å². The van der Waals surface area contributed by atoms with Gasteiger partial charge in [0, 0.05) is 11.5 Å². The molecular weight excluding hydrogens is 238 g/mol. The first kappa shape index (κ1) is 12.9. The summed E-state index contributed by atoms with van der Waals surface area (Å²) in [6.07, 6.45) is 3.81. The molecule has 0 aromatic heterocycles. The molecule has 0 spiro atoms. The van der Waals surface area contributed by atoms with Gasteiger partial charge in [-0.1, -0.05) is 12.1 Å². The minimum atomic E-state index is 0.229. The standard InChI is InChI=1S/C16H23NO2/c1-2-19-15-7-5-13(6-8-15)16(11-18-12-16)10-14-4-3-9-17-14/h5-8,14,17H,2-4,9-12H2,1H3. The summed E-state index contributed by atoms with van der Waals surface area (Å²) in [4.78, 5) is 0. The van der Waals surface area contributed by atoms with E-state index in [4.69, 9.17) is 9.47 Å². The van der Waals surface area contributed by atoms with Gasteiger partial charge in [-0.2, -0.15) is 0 Å². The van der Waals surface area contributed by atoms with Gasteiger partial charge in [0.25, 0.3) is 0 Å². The molecule has 1 aromatic carbocycles. The van der Waals surface area contributed by atoms with Crippen LogP contribution >= 0.6 is 0 Å². The molecule has 0 bridgehead atoms. The van der Waals surface area contributed by atoms with Crippen molar-refractivity contribution in [2.24, 2.45) is 0 Å². The van der Waals surface area contributed by atoms with E-state index in [-0.39, 0.29) is 5.41 Å². The van der Waals surface area contributed by atoms with E-state index in [9.17, 15) is 0 Å². The molecule has 2 aliphatic rings. The largest absolute Gasteiger partial charge is 0.494 e. The first-order valence-corrected chi connectivity index (χ1v) is 7.37. The molecule has 0 radical (unpaired) electrons. The molecule has 3 heteroatoms. The number of ether oxygens (including phenoxy) is 2. The van der Waals surface area contributed by atoms with Gasteiger partial charge < -0.3 is 14.8 Å². The lowest BCUT2D eigenvalue weighted by atomic mass is 9.73. The summed E-state index contributed by atoms with van der Waals surface area (Å²) in [5.74, 6) is 0.959. The Kier molecular flexibility index (Phi) is 3.76. The van der Waals surface area contributed by atoms with Crippen molar-refractivity contribution in [1.29, 1.82) is 0 Å². The van der Waals surface area contributed by atoms with Crippen molar-refractivity contribution in [1.82, 2.24) is 5.32 Å². The molecule has 1 unspecified atom stereocenters. The van der Waals surface area contributed by atoms with Crippen molar-refractivity contribution in [2.45, 2.75) is 37.6 Å². The summed E-state index contributed by atoms with van der Waals surface area (Å²) in [5.41, 5.74) is 1.63. The van der Waals surface area contributed by atoms with E-state index in [1.807, 2.05) is 6.92 Å². The number of hydrogen-bond donors (Lipinski definition) is 1. The lowest BCUT2D eigenvalue weighted by Gasteiger charge is -2.43. The predicted molar refractivity (Wildman–Crippen MR) is 75.7 cm³/mol. The van der Waals surface area contributed by atoms with E-state index in [0.717, 1.165) is 25.6 Å². The molecule has 3 nitrogen and oxygen atoms in total. The van der Waals surface area contributed by atoms with Crippen LogP contribution in [-0.2, 0) is 10.2 Å². The summed E-state index contributed by atoms with van der Waals surface area (Å²) in [6.45, 7) is 5.63. The highest BCUT2D eigenvalue weighted by molar-refractivity contribution is 5.34. The van der Waals surface area contributed by atoms with Crippen LogP contribution in [0.5, 0.6) is 5.75 Å². The van der Waals surface area contributed by atoms with Crippen LogP contribution in [0.4, 0.5) is 0 Å². The zero-order valence-electron chi connectivity index (χ0n) is 11.7. The summed E-state index contributed by atoms with van der Waals surface area (Å²) in [5, 5.41) is 3.60. The third-order valence-electron chi connectivity index (χ3n) is 4.33. The molecular formula is C16H23NO2. The second-order valence-electron chi connectivity index (χ2n) is 5.73. The summed E-state index contributed by atoms with van der Waals surface area (Å²) in [7, 11) is 0. The maximum atomic E-state index is 5.52. The molecule has 0 aliphatic carbocycles. The van der Waals surface area contributed by atoms with Gasteiger partial charge in [0.1, 0.15) is 5.75 Å². The van der Waals surface area contributed by atoms with Crippen molar-refractivity contribution in [3.8, 4) is 5.75 Å². The highest BCUT2D eigenvalue weighted by Gasteiger charge is 2.42. The van der Waals surface area contributed by atoms with Crippen LogP contribution in [0, 0.1) is 0 Å². The van der Waals surface area contributed by atoms with Gasteiger partial charge in [0.2, 0.25) is 0 Å². The van der Waals surface area contributed by atoms with Crippen LogP contribution in [0.3, 0.4) is 0 Å². The van der Waals surface area contributed by atoms with Crippen LogP contribution in [0.2, 0.25) is 0 Å². The topological polar surface area (TPSA) is 30.5 Å². The van der Waals surface area contributed by atoms with Crippen LogP contribution in [0.1, 0.15) is 31.7 Å². The van der Waals surface area contributed by atoms with Crippen molar-refractivity contribution in [2.75, 3.05) is 26.4 Å². The second kappa shape index (κ2) is 5.51. The summed E-state index contributed by atoms with van der Waals surface area (Å²) < 4.78 is 11.0. The van der Waals surface area contributed by atoms with Gasteiger partial charge in [0.15, 0.2) is 0 Å². The lowest BCUT2D eigenvalue weighted by Crippen LogP contribution is -2.50. The molecule has 19 heavy (non-hydrogen) atoms. The highest BCUT2D eigenvalue weighted by atomic mass is 16.5. The molecule has 1 N–H and O–H groups in total. The minimum Gasteiger partial charge on any atom is -0.494 e. The molecule has 1 aromatic rings. The van der Waals surface area contributed by atoms with Crippen molar-refractivity contribution in [3.63, 3.8) is 0 Å². The first-order valence-electron chi connectivity index (χ1n) is 7.37. The monoisotopic (exact) mass is 261 g/mol. The smallest absolute Gasteiger partial charge is 0.119 e. The number of hydrogen-bond acceptors (Lipinski definition) is 3. The predicted octanol–water partition coefficient (Wildman–Crippen LogP) is 2.50. The lowest BCUT2D eigenvalue weighted by molar-refractivity contribution is -0.0679. The molecule has 2 saturated heterocycles. The van der Waals surface area contributed by atoms with Crippen LogP contribution in [0.15, 0.2) is 24.3 Å². The van der Waals surface area contributed by atoms with Crippen LogP contribution in [0.25, 0.3) is 0 Å². The molecule has 104 valence electrons. The Hall–Kier alpha value is -1.06. The Balaban J connectivity index is 1.73. The second-order valence-corrected chi connectivity index (χ2v) is 5.73. The fourth-order valence-corrected chi connectivity index (χ4v) is 3.22. The SMILES string of the molecule is CCOc1ccc(C2(CC3CCCN3)COC2)cc1. The fraction of sp³-hybridized carbons (Fsp3) is 0.625. The minimum absolute atomic E-state index is 0.229. The molecule has 1 atom stereocenters. The van der Waals surface area contributed by atoms with E-state index in [2.05, 4.69) is 29.6 Å². The van der Waals surface area contributed by atoms with Crippen molar-refractivity contribution >= 4 is 0 Å². The highest BCUT2D eigenvalue weighted by Crippen LogP contribution is 2.38. The zero-order valence-corrected chi connectivity index (χ0v) is 11.7. The molecule has 3 rings (SSSR count). The van der Waals surface area contributed by atoms with E-state index in [1.165, 1.54) is 31.4 Å². The van der Waals surface area contributed by atoms with Gasteiger partial charge >= 0.3 is 0 Å².